The standard InChI is InChI=1S/C12H19N/c1-12(2)10-6-5-9(4-3-7-13)11(12)8-10/h9-11H,3-6,8H2,1-2H3. The Bertz CT molecular complexity index is 234. The van der Waals surface area contributed by atoms with Crippen LogP contribution in [0.5, 0.6) is 0 Å². The lowest BCUT2D eigenvalue weighted by Crippen LogP contribution is -2.52. The zero-order valence-electron chi connectivity index (χ0n) is 8.71. The molecule has 3 aliphatic carbocycles. The maximum atomic E-state index is 8.58. The molecule has 3 rings (SSSR count). The molecule has 3 saturated carbocycles. The summed E-state index contributed by atoms with van der Waals surface area (Å²) >= 11 is 0. The van der Waals surface area contributed by atoms with Gasteiger partial charge in [-0.25, -0.2) is 0 Å². The second kappa shape index (κ2) is 3.01. The molecular weight excluding hydrogens is 158 g/mol. The molecule has 3 fully saturated rings. The minimum absolute atomic E-state index is 0.596. The summed E-state index contributed by atoms with van der Waals surface area (Å²) in [6.07, 6.45) is 6.17. The number of hydrogen-bond acceptors (Lipinski definition) is 1. The van der Waals surface area contributed by atoms with Crippen LogP contribution >= 0.6 is 0 Å². The summed E-state index contributed by atoms with van der Waals surface area (Å²) in [6, 6.07) is 2.28. The second-order valence-electron chi connectivity index (χ2n) is 5.39. The summed E-state index contributed by atoms with van der Waals surface area (Å²) in [5.41, 5.74) is 0.596. The van der Waals surface area contributed by atoms with Crippen LogP contribution in [0.15, 0.2) is 0 Å². The summed E-state index contributed by atoms with van der Waals surface area (Å²) in [7, 11) is 0. The van der Waals surface area contributed by atoms with Crippen molar-refractivity contribution >= 4 is 0 Å². The monoisotopic (exact) mass is 177 g/mol. The molecular formula is C12H19N. The van der Waals surface area contributed by atoms with Crippen LogP contribution in [0, 0.1) is 34.5 Å². The van der Waals surface area contributed by atoms with Gasteiger partial charge in [0.2, 0.25) is 0 Å². The molecule has 0 aromatic heterocycles. The number of nitrogens with zero attached hydrogens (tertiary/aromatic N) is 1. The summed E-state index contributed by atoms with van der Waals surface area (Å²) in [5, 5.41) is 8.58. The van der Waals surface area contributed by atoms with E-state index in [2.05, 4.69) is 19.9 Å². The van der Waals surface area contributed by atoms with E-state index < -0.39 is 0 Å². The van der Waals surface area contributed by atoms with Gasteiger partial charge in [-0.05, 0) is 48.9 Å². The van der Waals surface area contributed by atoms with E-state index in [9.17, 15) is 0 Å². The van der Waals surface area contributed by atoms with Crippen LogP contribution in [0.25, 0.3) is 0 Å². The Morgan fingerprint density at radius 2 is 2.15 bits per heavy atom. The van der Waals surface area contributed by atoms with Crippen molar-refractivity contribution in [3.05, 3.63) is 0 Å². The fourth-order valence-corrected chi connectivity index (χ4v) is 3.56. The van der Waals surface area contributed by atoms with Crippen molar-refractivity contribution in [2.24, 2.45) is 23.2 Å². The predicted molar refractivity (Wildman–Crippen MR) is 52.9 cm³/mol. The molecule has 0 aromatic carbocycles. The predicted octanol–water partition coefficient (Wildman–Crippen LogP) is 3.36. The number of nitriles is 1. The van der Waals surface area contributed by atoms with Crippen LogP contribution in [0.1, 0.15) is 46.0 Å². The fourth-order valence-electron chi connectivity index (χ4n) is 3.56. The van der Waals surface area contributed by atoms with Gasteiger partial charge in [-0.15, -0.1) is 0 Å². The highest BCUT2D eigenvalue weighted by atomic mass is 14.6. The van der Waals surface area contributed by atoms with E-state index >= 15 is 0 Å². The first-order valence-corrected chi connectivity index (χ1v) is 5.53. The average molecular weight is 177 g/mol. The molecule has 0 N–H and O–H groups in total. The van der Waals surface area contributed by atoms with E-state index in [1.54, 1.807) is 0 Å². The van der Waals surface area contributed by atoms with Crippen molar-refractivity contribution in [3.8, 4) is 6.07 Å². The van der Waals surface area contributed by atoms with Crippen LogP contribution in [-0.4, -0.2) is 0 Å². The maximum absolute atomic E-state index is 8.58. The van der Waals surface area contributed by atoms with Gasteiger partial charge in [-0.1, -0.05) is 13.8 Å². The zero-order valence-corrected chi connectivity index (χ0v) is 8.71. The lowest BCUT2D eigenvalue weighted by atomic mass is 9.45. The molecule has 3 aliphatic rings. The van der Waals surface area contributed by atoms with Gasteiger partial charge in [0.25, 0.3) is 0 Å². The summed E-state index contributed by atoms with van der Waals surface area (Å²) in [6.45, 7) is 4.84. The van der Waals surface area contributed by atoms with Crippen molar-refractivity contribution in [2.75, 3.05) is 0 Å². The third kappa shape index (κ3) is 1.27. The van der Waals surface area contributed by atoms with Gasteiger partial charge in [-0.3, -0.25) is 0 Å². The molecule has 1 heteroatoms. The molecule has 0 aromatic rings. The third-order valence-electron chi connectivity index (χ3n) is 4.63. The van der Waals surface area contributed by atoms with Crippen LogP contribution in [-0.2, 0) is 0 Å². The first-order valence-electron chi connectivity index (χ1n) is 5.53. The van der Waals surface area contributed by atoms with Crippen LogP contribution < -0.4 is 0 Å². The number of fused-ring (bicyclic) bond motifs is 2. The Morgan fingerprint density at radius 1 is 1.38 bits per heavy atom. The largest absolute Gasteiger partial charge is 0.198 e. The molecule has 1 nitrogen and oxygen atoms in total. The van der Waals surface area contributed by atoms with Crippen LogP contribution in [0.4, 0.5) is 0 Å². The van der Waals surface area contributed by atoms with E-state index in [1.807, 2.05) is 0 Å². The van der Waals surface area contributed by atoms with Crippen molar-refractivity contribution < 1.29 is 0 Å². The van der Waals surface area contributed by atoms with Gasteiger partial charge < -0.3 is 0 Å². The van der Waals surface area contributed by atoms with Gasteiger partial charge >= 0.3 is 0 Å². The van der Waals surface area contributed by atoms with Gasteiger partial charge in [0.1, 0.15) is 0 Å². The molecule has 2 bridgehead atoms. The van der Waals surface area contributed by atoms with Crippen molar-refractivity contribution in [1.29, 1.82) is 5.26 Å². The molecule has 0 spiro atoms. The molecule has 3 atom stereocenters. The molecule has 13 heavy (non-hydrogen) atoms. The van der Waals surface area contributed by atoms with Gasteiger partial charge in [0.05, 0.1) is 6.07 Å². The van der Waals surface area contributed by atoms with Crippen molar-refractivity contribution in [3.63, 3.8) is 0 Å². The molecule has 0 heterocycles. The Morgan fingerprint density at radius 3 is 2.69 bits per heavy atom. The normalized spacial score (nSPS) is 40.5. The first-order chi connectivity index (χ1) is 6.16. The molecule has 3 unspecified atom stereocenters. The lowest BCUT2D eigenvalue weighted by Gasteiger charge is -2.60. The minimum Gasteiger partial charge on any atom is -0.198 e. The Kier molecular flexibility index (Phi) is 2.10. The molecule has 72 valence electrons. The fraction of sp³-hybridized carbons (Fsp3) is 0.917. The zero-order chi connectivity index (χ0) is 9.47. The molecule has 0 aliphatic heterocycles. The maximum Gasteiger partial charge on any atom is 0.0621 e. The van der Waals surface area contributed by atoms with E-state index in [-0.39, 0.29) is 0 Å². The van der Waals surface area contributed by atoms with E-state index in [1.165, 1.54) is 19.3 Å². The van der Waals surface area contributed by atoms with E-state index in [4.69, 9.17) is 5.26 Å². The highest BCUT2D eigenvalue weighted by molar-refractivity contribution is 5.03. The van der Waals surface area contributed by atoms with Gasteiger partial charge in [0, 0.05) is 6.42 Å². The van der Waals surface area contributed by atoms with Gasteiger partial charge in [0.15, 0.2) is 0 Å². The highest BCUT2D eigenvalue weighted by Gasteiger charge is 2.53. The van der Waals surface area contributed by atoms with Gasteiger partial charge in [-0.2, -0.15) is 5.26 Å². The topological polar surface area (TPSA) is 23.8 Å². The van der Waals surface area contributed by atoms with Crippen LogP contribution in [0.3, 0.4) is 0 Å². The minimum atomic E-state index is 0.596. The average Bonchev–Trinajstić information content (AvgIpc) is 2.14. The lowest BCUT2D eigenvalue weighted by molar-refractivity contribution is -0.106. The summed E-state index contributed by atoms with van der Waals surface area (Å²) in [5.74, 6) is 2.79. The highest BCUT2D eigenvalue weighted by Crippen LogP contribution is 2.62. The first kappa shape index (κ1) is 9.06. The number of hydrogen-bond donors (Lipinski definition) is 0. The molecule has 0 amide bonds. The number of rotatable bonds is 2. The molecule has 0 saturated heterocycles. The Balaban J connectivity index is 1.96. The second-order valence-corrected chi connectivity index (χ2v) is 5.39. The van der Waals surface area contributed by atoms with Crippen LogP contribution in [0.2, 0.25) is 0 Å². The quantitative estimate of drug-likeness (QED) is 0.634. The summed E-state index contributed by atoms with van der Waals surface area (Å²) in [4.78, 5) is 0. The third-order valence-corrected chi connectivity index (χ3v) is 4.63. The van der Waals surface area contributed by atoms with E-state index in [0.717, 1.165) is 30.6 Å². The SMILES string of the molecule is CC1(C)C2CCC(CCC#N)C1C2. The smallest absolute Gasteiger partial charge is 0.0621 e. The Hall–Kier alpha value is -0.510. The Labute approximate surface area is 81.1 Å². The summed E-state index contributed by atoms with van der Waals surface area (Å²) < 4.78 is 0. The van der Waals surface area contributed by atoms with E-state index in [0.29, 0.717) is 5.41 Å². The van der Waals surface area contributed by atoms with Crippen molar-refractivity contribution in [2.45, 2.75) is 46.0 Å². The van der Waals surface area contributed by atoms with Crippen molar-refractivity contribution in [1.82, 2.24) is 0 Å². The molecule has 0 radical (unpaired) electrons.